The van der Waals surface area contributed by atoms with Crippen molar-refractivity contribution in [1.82, 2.24) is 4.90 Å². The van der Waals surface area contributed by atoms with Crippen LogP contribution >= 0.6 is 12.6 Å². The number of thiol groups is 1. The molecule has 2 unspecified atom stereocenters. The van der Waals surface area contributed by atoms with Gasteiger partial charge < -0.3 is 0 Å². The maximum Gasteiger partial charge on any atom is 0.0739 e. The van der Waals surface area contributed by atoms with Gasteiger partial charge in [0.2, 0.25) is 0 Å². The van der Waals surface area contributed by atoms with Crippen molar-refractivity contribution >= 4 is 12.6 Å². The lowest BCUT2D eigenvalue weighted by Crippen LogP contribution is -1.98. The van der Waals surface area contributed by atoms with Crippen molar-refractivity contribution in [3.05, 3.63) is 0 Å². The molecule has 0 aromatic rings. The second-order valence-electron chi connectivity index (χ2n) is 2.07. The van der Waals surface area contributed by atoms with E-state index in [4.69, 9.17) is 0 Å². The van der Waals surface area contributed by atoms with E-state index < -0.39 is 0 Å². The zero-order chi connectivity index (χ0) is 4.78. The third-order valence-corrected chi connectivity index (χ3v) is 1.74. The van der Waals surface area contributed by atoms with E-state index in [9.17, 15) is 0 Å². The Labute approximate surface area is 43.7 Å². The molecule has 0 aromatic carbocycles. The van der Waals surface area contributed by atoms with Gasteiger partial charge in [0.1, 0.15) is 0 Å². The first-order valence-corrected chi connectivity index (χ1v) is 2.51. The standard InChI is InChI=1S/C4H9NS/c1-4(6)3-5(4)2/h6H,3H2,1-2H3. The summed E-state index contributed by atoms with van der Waals surface area (Å²) >= 11 is 4.25. The van der Waals surface area contributed by atoms with Crippen molar-refractivity contribution in [3.8, 4) is 0 Å². The molecule has 1 nitrogen and oxygen atoms in total. The third-order valence-electron chi connectivity index (χ3n) is 1.26. The van der Waals surface area contributed by atoms with E-state index in [0.717, 1.165) is 6.54 Å². The maximum atomic E-state index is 4.25. The van der Waals surface area contributed by atoms with E-state index in [2.05, 4.69) is 31.5 Å². The number of hydrogen-bond acceptors (Lipinski definition) is 2. The summed E-state index contributed by atoms with van der Waals surface area (Å²) in [6, 6.07) is 0. The van der Waals surface area contributed by atoms with Crippen LogP contribution in [0.4, 0.5) is 0 Å². The van der Waals surface area contributed by atoms with Crippen molar-refractivity contribution in [1.29, 1.82) is 0 Å². The molecule has 1 aliphatic rings. The zero-order valence-corrected chi connectivity index (χ0v) is 5.00. The quantitative estimate of drug-likeness (QED) is 0.346. The average molecular weight is 103 g/mol. The van der Waals surface area contributed by atoms with E-state index in [0.29, 0.717) is 0 Å². The summed E-state index contributed by atoms with van der Waals surface area (Å²) in [4.78, 5) is 2.41. The lowest BCUT2D eigenvalue weighted by molar-refractivity contribution is 0.614. The highest BCUT2D eigenvalue weighted by Crippen LogP contribution is 2.32. The molecular formula is C4H9NS. The Morgan fingerprint density at radius 2 is 2.00 bits per heavy atom. The summed E-state index contributed by atoms with van der Waals surface area (Å²) in [6.45, 7) is 3.24. The molecule has 1 heterocycles. The first kappa shape index (κ1) is 4.47. The summed E-state index contributed by atoms with van der Waals surface area (Å²) in [7, 11) is 2.06. The van der Waals surface area contributed by atoms with E-state index in [1.54, 1.807) is 0 Å². The predicted octanol–water partition coefficient (Wildman–Crippen LogP) is 0.578. The Kier molecular flexibility index (Phi) is 0.691. The monoisotopic (exact) mass is 103 g/mol. The molecule has 2 atom stereocenters. The summed E-state index contributed by atoms with van der Waals surface area (Å²) < 4.78 is 0. The SMILES string of the molecule is CN1CC1(C)S. The van der Waals surface area contributed by atoms with Crippen molar-refractivity contribution in [2.24, 2.45) is 0 Å². The molecule has 0 spiro atoms. The van der Waals surface area contributed by atoms with E-state index in [1.807, 2.05) is 0 Å². The summed E-state index contributed by atoms with van der Waals surface area (Å²) in [5.74, 6) is 0. The van der Waals surface area contributed by atoms with Crippen molar-refractivity contribution in [2.45, 2.75) is 11.8 Å². The lowest BCUT2D eigenvalue weighted by atomic mass is 10.5. The molecule has 36 valence electrons. The van der Waals surface area contributed by atoms with Crippen LogP contribution in [-0.4, -0.2) is 23.4 Å². The summed E-state index contributed by atoms with van der Waals surface area (Å²) in [5, 5.41) is 0. The molecule has 0 bridgehead atoms. The molecule has 1 fully saturated rings. The summed E-state index contributed by atoms with van der Waals surface area (Å²) in [6.07, 6.45) is 0. The highest BCUT2D eigenvalue weighted by molar-refractivity contribution is 7.82. The number of likely N-dealkylation sites (N-methyl/N-ethyl adjacent to an activating group) is 1. The first-order valence-electron chi connectivity index (χ1n) is 2.06. The van der Waals surface area contributed by atoms with Gasteiger partial charge in [0.15, 0.2) is 0 Å². The van der Waals surface area contributed by atoms with Gasteiger partial charge in [-0.3, -0.25) is 4.90 Å². The van der Waals surface area contributed by atoms with Crippen LogP contribution in [0.1, 0.15) is 6.92 Å². The Balaban J connectivity index is 2.41. The van der Waals surface area contributed by atoms with Gasteiger partial charge in [-0.1, -0.05) is 0 Å². The number of nitrogens with zero attached hydrogens (tertiary/aromatic N) is 1. The van der Waals surface area contributed by atoms with Crippen molar-refractivity contribution < 1.29 is 0 Å². The van der Waals surface area contributed by atoms with E-state index >= 15 is 0 Å². The van der Waals surface area contributed by atoms with Crippen LogP contribution < -0.4 is 0 Å². The lowest BCUT2D eigenvalue weighted by Gasteiger charge is -1.93. The number of hydrogen-bond donors (Lipinski definition) is 1. The molecule has 1 aliphatic heterocycles. The smallest absolute Gasteiger partial charge is 0.0739 e. The highest BCUT2D eigenvalue weighted by Gasteiger charge is 2.40. The number of rotatable bonds is 0. The normalized spacial score (nSPS) is 55.5. The average Bonchev–Trinajstić information content (AvgIpc) is 1.73. The van der Waals surface area contributed by atoms with Crippen molar-refractivity contribution in [2.75, 3.05) is 13.6 Å². The van der Waals surface area contributed by atoms with Gasteiger partial charge in [-0.15, -0.1) is 0 Å². The van der Waals surface area contributed by atoms with Crippen LogP contribution in [0.15, 0.2) is 0 Å². The largest absolute Gasteiger partial charge is 0.289 e. The second-order valence-corrected chi connectivity index (χ2v) is 3.04. The molecule has 0 aromatic heterocycles. The third kappa shape index (κ3) is 0.545. The minimum absolute atomic E-state index is 0.236. The van der Waals surface area contributed by atoms with Crippen LogP contribution in [0.5, 0.6) is 0 Å². The van der Waals surface area contributed by atoms with Crippen LogP contribution in [-0.2, 0) is 0 Å². The minimum Gasteiger partial charge on any atom is -0.289 e. The minimum atomic E-state index is 0.236. The van der Waals surface area contributed by atoms with Crippen LogP contribution in [0.3, 0.4) is 0 Å². The van der Waals surface area contributed by atoms with Gasteiger partial charge in [-0.25, -0.2) is 0 Å². The fraction of sp³-hybridized carbons (Fsp3) is 1.00. The van der Waals surface area contributed by atoms with Gasteiger partial charge >= 0.3 is 0 Å². The second kappa shape index (κ2) is 0.928. The van der Waals surface area contributed by atoms with Crippen LogP contribution in [0.25, 0.3) is 0 Å². The fourth-order valence-corrected chi connectivity index (χ4v) is 0.626. The molecule has 0 N–H and O–H groups in total. The molecule has 0 aliphatic carbocycles. The van der Waals surface area contributed by atoms with Crippen LogP contribution in [0, 0.1) is 0 Å². The molecule has 0 radical (unpaired) electrons. The van der Waals surface area contributed by atoms with E-state index in [1.165, 1.54) is 0 Å². The Hall–Kier alpha value is 0.310. The zero-order valence-electron chi connectivity index (χ0n) is 4.10. The Morgan fingerprint density at radius 1 is 1.83 bits per heavy atom. The van der Waals surface area contributed by atoms with Crippen molar-refractivity contribution in [3.63, 3.8) is 0 Å². The van der Waals surface area contributed by atoms with Gasteiger partial charge in [0.25, 0.3) is 0 Å². The predicted molar refractivity (Wildman–Crippen MR) is 30.0 cm³/mol. The highest BCUT2D eigenvalue weighted by atomic mass is 32.1. The van der Waals surface area contributed by atoms with Crippen LogP contribution in [0.2, 0.25) is 0 Å². The van der Waals surface area contributed by atoms with Gasteiger partial charge in [-0.05, 0) is 14.0 Å². The fourth-order valence-electron chi connectivity index (χ4n) is 0.414. The molecule has 0 amide bonds. The molecule has 1 rings (SSSR count). The first-order chi connectivity index (χ1) is 2.63. The van der Waals surface area contributed by atoms with Gasteiger partial charge in [0.05, 0.1) is 4.87 Å². The summed E-state index contributed by atoms with van der Waals surface area (Å²) in [5.41, 5.74) is 0. The molecule has 2 heteroatoms. The Bertz CT molecular complexity index is 69.9. The molecule has 1 saturated heterocycles. The molecule has 0 saturated carbocycles. The Morgan fingerprint density at radius 3 is 2.00 bits per heavy atom. The molecule has 6 heavy (non-hydrogen) atoms. The topological polar surface area (TPSA) is 3.01 Å². The van der Waals surface area contributed by atoms with E-state index in [-0.39, 0.29) is 4.87 Å². The molecular weight excluding hydrogens is 94.1 g/mol. The van der Waals surface area contributed by atoms with Gasteiger partial charge in [0, 0.05) is 6.54 Å². The maximum absolute atomic E-state index is 4.25. The van der Waals surface area contributed by atoms with Gasteiger partial charge in [-0.2, -0.15) is 12.6 Å².